The Morgan fingerprint density at radius 3 is 2.94 bits per heavy atom. The first-order chi connectivity index (χ1) is 8.79. The van der Waals surface area contributed by atoms with Gasteiger partial charge in [0, 0.05) is 31.9 Å². The van der Waals surface area contributed by atoms with Crippen LogP contribution in [0.3, 0.4) is 0 Å². The zero-order chi connectivity index (χ0) is 12.8. The van der Waals surface area contributed by atoms with Gasteiger partial charge in [-0.2, -0.15) is 0 Å². The lowest BCUT2D eigenvalue weighted by molar-refractivity contribution is -0.137. The Morgan fingerprint density at radius 1 is 1.44 bits per heavy atom. The van der Waals surface area contributed by atoms with Gasteiger partial charge in [-0.25, -0.2) is 0 Å². The maximum absolute atomic E-state index is 11.9. The summed E-state index contributed by atoms with van der Waals surface area (Å²) in [4.78, 5) is 13.6. The Morgan fingerprint density at radius 2 is 2.22 bits per heavy atom. The minimum absolute atomic E-state index is 0.00756. The van der Waals surface area contributed by atoms with E-state index in [-0.39, 0.29) is 12.5 Å². The molecule has 1 aliphatic rings. The van der Waals surface area contributed by atoms with Crippen LogP contribution < -0.4 is 10.1 Å². The molecular weight excluding hydrogens is 232 g/mol. The molecule has 98 valence electrons. The van der Waals surface area contributed by atoms with Crippen molar-refractivity contribution in [1.82, 2.24) is 4.90 Å². The zero-order valence-electron chi connectivity index (χ0n) is 10.5. The van der Waals surface area contributed by atoms with E-state index in [2.05, 4.69) is 5.32 Å². The molecule has 1 aliphatic heterocycles. The van der Waals surface area contributed by atoms with Gasteiger partial charge in [0.05, 0.1) is 13.2 Å². The average molecular weight is 250 g/mol. The largest absolute Gasteiger partial charge is 0.484 e. The van der Waals surface area contributed by atoms with Gasteiger partial charge in [0.1, 0.15) is 5.75 Å². The van der Waals surface area contributed by atoms with Crippen molar-refractivity contribution in [2.45, 2.75) is 0 Å². The van der Waals surface area contributed by atoms with Crippen LogP contribution >= 0.6 is 0 Å². The van der Waals surface area contributed by atoms with Crippen molar-refractivity contribution in [3.63, 3.8) is 0 Å². The lowest BCUT2D eigenvalue weighted by atomic mass is 10.3. The molecule has 1 aromatic carbocycles. The molecular formula is C13H18N2O3. The molecule has 0 aliphatic carbocycles. The van der Waals surface area contributed by atoms with E-state index in [0.717, 1.165) is 5.69 Å². The highest BCUT2D eigenvalue weighted by molar-refractivity contribution is 5.77. The van der Waals surface area contributed by atoms with Crippen LogP contribution in [0.5, 0.6) is 5.75 Å². The molecule has 0 atom stereocenters. The molecule has 1 N–H and O–H groups in total. The number of nitrogens with zero attached hydrogens (tertiary/aromatic N) is 1. The summed E-state index contributed by atoms with van der Waals surface area (Å²) < 4.78 is 10.7. The van der Waals surface area contributed by atoms with Gasteiger partial charge in [-0.05, 0) is 12.1 Å². The number of rotatable bonds is 4. The molecule has 0 saturated carbocycles. The summed E-state index contributed by atoms with van der Waals surface area (Å²) in [5.41, 5.74) is 0.964. The van der Waals surface area contributed by atoms with Gasteiger partial charge >= 0.3 is 0 Å². The van der Waals surface area contributed by atoms with Gasteiger partial charge in [-0.1, -0.05) is 6.07 Å². The first-order valence-corrected chi connectivity index (χ1v) is 6.06. The molecule has 1 heterocycles. The lowest BCUT2D eigenvalue weighted by Gasteiger charge is -2.26. The normalized spacial score (nSPS) is 15.3. The summed E-state index contributed by atoms with van der Waals surface area (Å²) in [6.45, 7) is 2.60. The summed E-state index contributed by atoms with van der Waals surface area (Å²) in [5.74, 6) is 0.705. The Hall–Kier alpha value is -1.75. The van der Waals surface area contributed by atoms with E-state index in [0.29, 0.717) is 32.1 Å². The molecule has 1 saturated heterocycles. The second-order valence-corrected chi connectivity index (χ2v) is 4.06. The highest BCUT2D eigenvalue weighted by atomic mass is 16.5. The number of morpholine rings is 1. The van der Waals surface area contributed by atoms with Crippen molar-refractivity contribution in [3.05, 3.63) is 24.3 Å². The molecule has 0 unspecified atom stereocenters. The van der Waals surface area contributed by atoms with E-state index in [1.807, 2.05) is 31.3 Å². The van der Waals surface area contributed by atoms with Crippen molar-refractivity contribution in [3.8, 4) is 5.75 Å². The Bertz CT molecular complexity index is 403. The molecule has 0 aromatic heterocycles. The first kappa shape index (κ1) is 12.7. The SMILES string of the molecule is CNc1cccc(OCC(=O)N2CCOCC2)c1. The van der Waals surface area contributed by atoms with Gasteiger partial charge in [-0.3, -0.25) is 4.79 Å². The Balaban J connectivity index is 1.84. The molecule has 1 fully saturated rings. The summed E-state index contributed by atoms with van der Waals surface area (Å²) in [6.07, 6.45) is 0. The summed E-state index contributed by atoms with van der Waals surface area (Å²) in [7, 11) is 1.85. The second kappa shape index (κ2) is 6.26. The van der Waals surface area contributed by atoms with E-state index < -0.39 is 0 Å². The number of anilines is 1. The number of hydrogen-bond acceptors (Lipinski definition) is 4. The van der Waals surface area contributed by atoms with E-state index in [4.69, 9.17) is 9.47 Å². The maximum Gasteiger partial charge on any atom is 0.260 e. The summed E-state index contributed by atoms with van der Waals surface area (Å²) >= 11 is 0. The number of ether oxygens (including phenoxy) is 2. The highest BCUT2D eigenvalue weighted by Crippen LogP contribution is 2.16. The van der Waals surface area contributed by atoms with Crippen molar-refractivity contribution < 1.29 is 14.3 Å². The number of hydrogen-bond donors (Lipinski definition) is 1. The number of carbonyl (C=O) groups excluding carboxylic acids is 1. The third kappa shape index (κ3) is 3.37. The quantitative estimate of drug-likeness (QED) is 0.865. The minimum atomic E-state index is 0.00756. The molecule has 1 aromatic rings. The summed E-state index contributed by atoms with van der Waals surface area (Å²) in [6, 6.07) is 7.54. The Kier molecular flexibility index (Phi) is 4.41. The van der Waals surface area contributed by atoms with Gasteiger partial charge in [0.25, 0.3) is 5.91 Å². The standard InChI is InChI=1S/C13H18N2O3/c1-14-11-3-2-4-12(9-11)18-10-13(16)15-5-7-17-8-6-15/h2-4,9,14H,5-8,10H2,1H3. The minimum Gasteiger partial charge on any atom is -0.484 e. The van der Waals surface area contributed by atoms with Crippen molar-refractivity contribution in [2.75, 3.05) is 45.3 Å². The number of amides is 1. The molecule has 0 spiro atoms. The molecule has 18 heavy (non-hydrogen) atoms. The van der Waals surface area contributed by atoms with Crippen LogP contribution in [0.15, 0.2) is 24.3 Å². The van der Waals surface area contributed by atoms with Gasteiger partial charge < -0.3 is 19.7 Å². The maximum atomic E-state index is 11.9. The summed E-state index contributed by atoms with van der Waals surface area (Å²) in [5, 5.41) is 3.03. The highest BCUT2D eigenvalue weighted by Gasteiger charge is 2.16. The van der Waals surface area contributed by atoms with Crippen molar-refractivity contribution in [1.29, 1.82) is 0 Å². The second-order valence-electron chi connectivity index (χ2n) is 4.06. The number of nitrogens with one attached hydrogen (secondary N) is 1. The monoisotopic (exact) mass is 250 g/mol. The van der Waals surface area contributed by atoms with E-state index in [1.165, 1.54) is 0 Å². The van der Waals surface area contributed by atoms with E-state index in [1.54, 1.807) is 4.90 Å². The van der Waals surface area contributed by atoms with Crippen LogP contribution in [0.1, 0.15) is 0 Å². The average Bonchev–Trinajstić information content (AvgIpc) is 2.46. The third-order valence-corrected chi connectivity index (χ3v) is 2.85. The fourth-order valence-corrected chi connectivity index (χ4v) is 1.79. The van der Waals surface area contributed by atoms with Crippen LogP contribution in [0.2, 0.25) is 0 Å². The van der Waals surface area contributed by atoms with E-state index >= 15 is 0 Å². The van der Waals surface area contributed by atoms with Crippen molar-refractivity contribution >= 4 is 11.6 Å². The predicted octanol–water partition coefficient (Wildman–Crippen LogP) is 0.966. The molecule has 5 heteroatoms. The predicted molar refractivity (Wildman–Crippen MR) is 68.9 cm³/mol. The van der Waals surface area contributed by atoms with Crippen LogP contribution in [-0.4, -0.2) is 50.8 Å². The van der Waals surface area contributed by atoms with Crippen LogP contribution in [0.25, 0.3) is 0 Å². The fourth-order valence-electron chi connectivity index (χ4n) is 1.79. The number of carbonyl (C=O) groups is 1. The first-order valence-electron chi connectivity index (χ1n) is 6.06. The molecule has 0 radical (unpaired) electrons. The van der Waals surface area contributed by atoms with Gasteiger partial charge in [-0.15, -0.1) is 0 Å². The lowest BCUT2D eigenvalue weighted by Crippen LogP contribution is -2.42. The molecule has 0 bridgehead atoms. The molecule has 2 rings (SSSR count). The van der Waals surface area contributed by atoms with Crippen LogP contribution in [-0.2, 0) is 9.53 Å². The smallest absolute Gasteiger partial charge is 0.260 e. The van der Waals surface area contributed by atoms with Gasteiger partial charge in [0.2, 0.25) is 0 Å². The third-order valence-electron chi connectivity index (χ3n) is 2.85. The van der Waals surface area contributed by atoms with Crippen molar-refractivity contribution in [2.24, 2.45) is 0 Å². The van der Waals surface area contributed by atoms with Gasteiger partial charge in [0.15, 0.2) is 6.61 Å². The molecule has 1 amide bonds. The topological polar surface area (TPSA) is 50.8 Å². The van der Waals surface area contributed by atoms with Crippen LogP contribution in [0.4, 0.5) is 5.69 Å². The van der Waals surface area contributed by atoms with Crippen LogP contribution in [0, 0.1) is 0 Å². The zero-order valence-corrected chi connectivity index (χ0v) is 10.5. The Labute approximate surface area is 107 Å². The fraction of sp³-hybridized carbons (Fsp3) is 0.462. The van der Waals surface area contributed by atoms with E-state index in [9.17, 15) is 4.79 Å². The molecule has 5 nitrogen and oxygen atoms in total. The number of benzene rings is 1.